The van der Waals surface area contributed by atoms with E-state index < -0.39 is 5.82 Å². The van der Waals surface area contributed by atoms with Gasteiger partial charge in [0.2, 0.25) is 0 Å². The van der Waals surface area contributed by atoms with Crippen LogP contribution in [0.1, 0.15) is 16.7 Å². The van der Waals surface area contributed by atoms with Crippen molar-refractivity contribution in [2.45, 2.75) is 6.54 Å². The number of nitrogens with zero attached hydrogens (tertiary/aromatic N) is 2. The van der Waals surface area contributed by atoms with Gasteiger partial charge in [0, 0.05) is 23.5 Å². The van der Waals surface area contributed by atoms with Gasteiger partial charge in [0.05, 0.1) is 23.5 Å². The number of hydrogen-bond donors (Lipinski definition) is 2. The highest BCUT2D eigenvalue weighted by molar-refractivity contribution is 6.37. The predicted molar refractivity (Wildman–Crippen MR) is 134 cm³/mol. The number of carbonyl (C=O) groups excluding carboxylic acids is 2. The minimum Gasteiger partial charge on any atom is -0.447 e. The Bertz CT molecular complexity index is 1320. The molecule has 5 rings (SSSR count). The van der Waals surface area contributed by atoms with Crippen molar-refractivity contribution < 1.29 is 18.7 Å². The summed E-state index contributed by atoms with van der Waals surface area (Å²) in [4.78, 5) is 28.6. The van der Waals surface area contributed by atoms with Gasteiger partial charge in [0.25, 0.3) is 5.91 Å². The molecule has 7 nitrogen and oxygen atoms in total. The van der Waals surface area contributed by atoms with Crippen LogP contribution in [0.25, 0.3) is 11.3 Å². The third kappa shape index (κ3) is 4.61. The minimum absolute atomic E-state index is 0.315. The molecule has 0 bridgehead atoms. The van der Waals surface area contributed by atoms with Crippen molar-refractivity contribution in [3.05, 3.63) is 89.2 Å². The predicted octanol–water partition coefficient (Wildman–Crippen LogP) is 4.78. The molecule has 0 aromatic heterocycles. The lowest BCUT2D eigenvalue weighted by atomic mass is 9.99. The summed E-state index contributed by atoms with van der Waals surface area (Å²) in [5, 5.41) is 6.17. The van der Waals surface area contributed by atoms with Gasteiger partial charge < -0.3 is 20.3 Å². The summed E-state index contributed by atoms with van der Waals surface area (Å²) < 4.78 is 18.8. The number of halogens is 1. The molecule has 0 spiro atoms. The Hall–Kier alpha value is -4.17. The Morgan fingerprint density at radius 1 is 1.06 bits per heavy atom. The van der Waals surface area contributed by atoms with Gasteiger partial charge in [-0.15, -0.1) is 0 Å². The van der Waals surface area contributed by atoms with E-state index in [1.54, 1.807) is 11.0 Å². The number of carbonyl (C=O) groups is 2. The summed E-state index contributed by atoms with van der Waals surface area (Å²) in [7, 11) is 4.03. The van der Waals surface area contributed by atoms with Crippen molar-refractivity contribution in [1.82, 2.24) is 4.90 Å². The topological polar surface area (TPSA) is 73.9 Å². The Balaban J connectivity index is 1.56. The summed E-state index contributed by atoms with van der Waals surface area (Å²) in [5.41, 5.74) is 5.50. The molecule has 178 valence electrons. The molecule has 3 aromatic carbocycles. The zero-order chi connectivity index (χ0) is 24.5. The molecule has 0 unspecified atom stereocenters. The van der Waals surface area contributed by atoms with Crippen molar-refractivity contribution in [2.24, 2.45) is 0 Å². The molecule has 1 fully saturated rings. The van der Waals surface area contributed by atoms with E-state index in [0.717, 1.165) is 23.4 Å². The summed E-state index contributed by atoms with van der Waals surface area (Å²) in [5.74, 6) is -0.734. The molecule has 0 radical (unpaired) electrons. The fraction of sp³-hybridized carbons (Fsp3) is 0.185. The van der Waals surface area contributed by atoms with E-state index in [1.165, 1.54) is 12.1 Å². The maximum atomic E-state index is 13.8. The van der Waals surface area contributed by atoms with Crippen LogP contribution in [0.3, 0.4) is 0 Å². The van der Waals surface area contributed by atoms with Crippen molar-refractivity contribution in [3.63, 3.8) is 0 Å². The van der Waals surface area contributed by atoms with Gasteiger partial charge in [-0.25, -0.2) is 9.18 Å². The van der Waals surface area contributed by atoms with E-state index >= 15 is 0 Å². The van der Waals surface area contributed by atoms with Gasteiger partial charge in [0.15, 0.2) is 0 Å². The number of hydrogen-bond acceptors (Lipinski definition) is 5. The number of cyclic esters (lactones) is 1. The third-order valence-corrected chi connectivity index (χ3v) is 5.93. The molecule has 0 aliphatic carbocycles. The Labute approximate surface area is 202 Å². The lowest BCUT2D eigenvalue weighted by Crippen LogP contribution is -2.23. The summed E-state index contributed by atoms with van der Waals surface area (Å²) in [6, 6.07) is 19.6. The van der Waals surface area contributed by atoms with E-state index in [1.807, 2.05) is 62.6 Å². The van der Waals surface area contributed by atoms with Crippen LogP contribution in [0, 0.1) is 5.82 Å². The quantitative estimate of drug-likeness (QED) is 0.506. The smallest absolute Gasteiger partial charge is 0.414 e. The van der Waals surface area contributed by atoms with E-state index in [4.69, 9.17) is 4.74 Å². The second-order valence-corrected chi connectivity index (χ2v) is 8.77. The van der Waals surface area contributed by atoms with Gasteiger partial charge in [-0.1, -0.05) is 24.3 Å². The molecule has 2 heterocycles. The molecular weight excluding hydrogens is 447 g/mol. The maximum absolute atomic E-state index is 13.8. The van der Waals surface area contributed by atoms with Gasteiger partial charge in [-0.2, -0.15) is 0 Å². The summed E-state index contributed by atoms with van der Waals surface area (Å²) >= 11 is 0. The van der Waals surface area contributed by atoms with E-state index in [2.05, 4.69) is 15.5 Å². The Kier molecular flexibility index (Phi) is 5.96. The van der Waals surface area contributed by atoms with Crippen molar-refractivity contribution in [2.75, 3.05) is 42.8 Å². The third-order valence-electron chi connectivity index (χ3n) is 5.93. The lowest BCUT2D eigenvalue weighted by Gasteiger charge is -2.17. The van der Waals surface area contributed by atoms with Crippen LogP contribution in [0.15, 0.2) is 66.7 Å². The SMILES string of the molecule is CN(C)Cc1ccc(N/C(=C2\C(=O)Nc3cc(F)ccc32)c2ccc(N3CCOC3=O)cc2)cc1. The molecule has 0 atom stereocenters. The second-order valence-electron chi connectivity index (χ2n) is 8.77. The molecule has 2 N–H and O–H groups in total. The lowest BCUT2D eigenvalue weighted by molar-refractivity contribution is -0.110. The molecule has 8 heteroatoms. The molecule has 2 aliphatic rings. The van der Waals surface area contributed by atoms with Gasteiger partial charge in [-0.3, -0.25) is 9.69 Å². The average molecular weight is 473 g/mol. The highest BCUT2D eigenvalue weighted by Gasteiger charge is 2.29. The average Bonchev–Trinajstić information content (AvgIpc) is 3.40. The fourth-order valence-corrected chi connectivity index (χ4v) is 4.31. The zero-order valence-corrected chi connectivity index (χ0v) is 19.5. The first-order chi connectivity index (χ1) is 16.9. The van der Waals surface area contributed by atoms with Crippen LogP contribution < -0.4 is 15.5 Å². The first-order valence-corrected chi connectivity index (χ1v) is 11.3. The van der Waals surface area contributed by atoms with E-state index in [9.17, 15) is 14.0 Å². The van der Waals surface area contributed by atoms with Crippen LogP contribution in [0.4, 0.5) is 26.2 Å². The summed E-state index contributed by atoms with van der Waals surface area (Å²) in [6.07, 6.45) is -0.376. The van der Waals surface area contributed by atoms with Crippen LogP contribution in [0.5, 0.6) is 0 Å². The number of nitrogens with one attached hydrogen (secondary N) is 2. The molecule has 2 amide bonds. The molecule has 1 saturated heterocycles. The first kappa shape index (κ1) is 22.6. The fourth-order valence-electron chi connectivity index (χ4n) is 4.31. The summed E-state index contributed by atoms with van der Waals surface area (Å²) in [6.45, 7) is 1.66. The number of ether oxygens (including phenoxy) is 1. The Morgan fingerprint density at radius 3 is 2.46 bits per heavy atom. The highest BCUT2D eigenvalue weighted by atomic mass is 19.1. The van der Waals surface area contributed by atoms with Crippen LogP contribution in [-0.2, 0) is 16.1 Å². The minimum atomic E-state index is -0.418. The maximum Gasteiger partial charge on any atom is 0.414 e. The normalized spacial score (nSPS) is 16.3. The number of anilines is 3. The van der Waals surface area contributed by atoms with Gasteiger partial charge in [-0.05, 0) is 67.7 Å². The number of fused-ring (bicyclic) bond motifs is 1. The van der Waals surface area contributed by atoms with Crippen molar-refractivity contribution in [1.29, 1.82) is 0 Å². The second kappa shape index (κ2) is 9.23. The monoisotopic (exact) mass is 472 g/mol. The highest BCUT2D eigenvalue weighted by Crippen LogP contribution is 2.38. The first-order valence-electron chi connectivity index (χ1n) is 11.3. The number of amides is 2. The van der Waals surface area contributed by atoms with Crippen LogP contribution in [-0.4, -0.2) is 44.1 Å². The van der Waals surface area contributed by atoms with Crippen molar-refractivity contribution >= 4 is 40.3 Å². The van der Waals surface area contributed by atoms with Gasteiger partial charge >= 0.3 is 6.09 Å². The molecular formula is C27H25FN4O3. The van der Waals surface area contributed by atoms with Crippen LogP contribution >= 0.6 is 0 Å². The molecule has 3 aromatic rings. The van der Waals surface area contributed by atoms with Gasteiger partial charge in [0.1, 0.15) is 12.4 Å². The zero-order valence-electron chi connectivity index (χ0n) is 19.5. The largest absolute Gasteiger partial charge is 0.447 e. The number of rotatable bonds is 6. The molecule has 2 aliphatic heterocycles. The standard InChI is InChI=1S/C27H25FN4O3/c1-31(2)16-17-3-8-20(9-4-17)29-25(24-22-12-7-19(28)15-23(22)30-26(24)33)18-5-10-21(11-6-18)32-13-14-35-27(32)34/h3-12,15,29H,13-14,16H2,1-2H3,(H,30,33)/b25-24-. The van der Waals surface area contributed by atoms with Crippen molar-refractivity contribution in [3.8, 4) is 0 Å². The number of benzene rings is 3. The van der Waals surface area contributed by atoms with E-state index in [0.29, 0.717) is 41.4 Å². The molecule has 0 saturated carbocycles. The Morgan fingerprint density at radius 2 is 1.80 bits per heavy atom. The van der Waals surface area contributed by atoms with Crippen LogP contribution in [0.2, 0.25) is 0 Å². The van der Waals surface area contributed by atoms with E-state index in [-0.39, 0.29) is 12.0 Å². The molecule has 35 heavy (non-hydrogen) atoms.